The first-order chi connectivity index (χ1) is 24.8. The Bertz CT molecular complexity index is 2220. The van der Waals surface area contributed by atoms with Gasteiger partial charge in [-0.25, -0.2) is 20.4 Å². The topological polar surface area (TPSA) is 148 Å². The van der Waals surface area contributed by atoms with Gasteiger partial charge in [0.05, 0.1) is 40.1 Å². The molecule has 0 radical (unpaired) electrons. The number of rotatable bonds is 5. The molecule has 0 bridgehead atoms. The molecule has 7 rings (SSSR count). The number of hydroxylamine groups is 1. The van der Waals surface area contributed by atoms with E-state index in [-0.39, 0.29) is 11.3 Å². The lowest BCUT2D eigenvalue weighted by atomic mass is 9.90. The van der Waals surface area contributed by atoms with Gasteiger partial charge in [0.25, 0.3) is 5.91 Å². The van der Waals surface area contributed by atoms with Gasteiger partial charge in [-0.3, -0.25) is 14.8 Å². The van der Waals surface area contributed by atoms with Crippen molar-refractivity contribution >= 4 is 34.5 Å². The number of anilines is 2. The van der Waals surface area contributed by atoms with Gasteiger partial charge in [0.15, 0.2) is 11.5 Å². The number of aliphatic hydroxyl groups is 1. The van der Waals surface area contributed by atoms with Crippen molar-refractivity contribution in [2.45, 2.75) is 64.2 Å². The number of amides is 1. The summed E-state index contributed by atoms with van der Waals surface area (Å²) in [5.74, 6) is -0.315. The molecule has 53 heavy (non-hydrogen) atoms. The van der Waals surface area contributed by atoms with Crippen molar-refractivity contribution in [2.75, 3.05) is 16.4 Å². The predicted molar refractivity (Wildman–Crippen MR) is 180 cm³/mol. The molecule has 0 saturated carbocycles. The van der Waals surface area contributed by atoms with E-state index in [2.05, 4.69) is 19.9 Å². The number of alkyl halides is 6. The van der Waals surface area contributed by atoms with E-state index >= 15 is 0 Å². The number of hydrogen-bond acceptors (Lipinski definition) is 9. The van der Waals surface area contributed by atoms with Crippen molar-refractivity contribution in [3.05, 3.63) is 112 Å². The molecule has 4 N–H and O–H groups in total. The Labute approximate surface area is 298 Å². The number of aromatic amines is 1. The van der Waals surface area contributed by atoms with Crippen molar-refractivity contribution < 1.29 is 46.2 Å². The van der Waals surface area contributed by atoms with E-state index in [1.807, 2.05) is 44.7 Å². The molecule has 4 heterocycles. The summed E-state index contributed by atoms with van der Waals surface area (Å²) in [6.07, 6.45) is -7.19. The number of carbonyl (C=O) groups is 2. The van der Waals surface area contributed by atoms with Gasteiger partial charge in [0, 0.05) is 24.2 Å². The molecule has 2 aliphatic heterocycles. The van der Waals surface area contributed by atoms with E-state index in [1.165, 1.54) is 6.07 Å². The lowest BCUT2D eigenvalue weighted by Gasteiger charge is -2.33. The monoisotopic (exact) mass is 741 g/mol. The Morgan fingerprint density at radius 3 is 2.00 bits per heavy atom. The number of hydrogen-bond donors (Lipinski definition) is 4. The summed E-state index contributed by atoms with van der Waals surface area (Å²) in [5, 5.41) is 18.1. The molecule has 0 aliphatic carbocycles. The molecule has 0 spiro atoms. The third-order valence-corrected chi connectivity index (χ3v) is 9.70. The first-order valence-electron chi connectivity index (χ1n) is 16.1. The Kier molecular flexibility index (Phi) is 9.23. The van der Waals surface area contributed by atoms with E-state index in [0.29, 0.717) is 41.9 Å². The predicted octanol–water partition coefficient (Wildman–Crippen LogP) is 6.88. The normalized spacial score (nSPS) is 15.8. The first-order valence-corrected chi connectivity index (χ1v) is 16.1. The summed E-state index contributed by atoms with van der Waals surface area (Å²) in [5.41, 5.74) is 3.37. The molecule has 5 aromatic rings. The van der Waals surface area contributed by atoms with Crippen molar-refractivity contribution in [3.8, 4) is 0 Å². The molecule has 17 heteroatoms. The second-order valence-electron chi connectivity index (χ2n) is 13.5. The van der Waals surface area contributed by atoms with E-state index in [0.717, 1.165) is 40.6 Å². The fraction of sp³-hybridized carbons (Fsp3) is 0.306. The molecule has 2 aromatic heterocycles. The lowest BCUT2D eigenvalue weighted by molar-refractivity contribution is -0.141. The van der Waals surface area contributed by atoms with Crippen molar-refractivity contribution in [3.63, 3.8) is 0 Å². The molecule has 3 aromatic carbocycles. The number of H-pyrrole nitrogens is 1. The number of nitrogens with one attached hydrogen (secondary N) is 2. The smallest absolute Gasteiger partial charge is 0.388 e. The fourth-order valence-electron chi connectivity index (χ4n) is 6.90. The molecule has 278 valence electrons. The number of Topliss-reactive ketones (excluding diaryl/α,β-unsaturated/α-hetero) is 1. The summed E-state index contributed by atoms with van der Waals surface area (Å²) >= 11 is 0. The number of imidazole rings is 1. The minimum atomic E-state index is -4.55. The Hall–Kier alpha value is -5.55. The maximum atomic E-state index is 13.0. The van der Waals surface area contributed by atoms with Crippen LogP contribution in [0.2, 0.25) is 0 Å². The number of aromatic nitrogens is 4. The Balaban J connectivity index is 0.000000183. The number of carbonyl (C=O) groups excluding carboxylic acids is 2. The number of nitrogens with zero attached hydrogens (tertiary/aromatic N) is 5. The van der Waals surface area contributed by atoms with Gasteiger partial charge >= 0.3 is 12.4 Å². The Morgan fingerprint density at radius 1 is 0.830 bits per heavy atom. The van der Waals surface area contributed by atoms with Crippen molar-refractivity contribution in [1.82, 2.24) is 25.4 Å². The number of aliphatic hydroxyl groups excluding tert-OH is 1. The van der Waals surface area contributed by atoms with Crippen LogP contribution in [0.25, 0.3) is 11.0 Å². The van der Waals surface area contributed by atoms with Gasteiger partial charge in [-0.1, -0.05) is 30.3 Å². The molecule has 2 aliphatic rings. The van der Waals surface area contributed by atoms with Crippen molar-refractivity contribution in [1.29, 1.82) is 0 Å². The number of ketones is 1. The average Bonchev–Trinajstić information content (AvgIpc) is 3.75. The van der Waals surface area contributed by atoms with Crippen LogP contribution in [0.15, 0.2) is 67.0 Å². The van der Waals surface area contributed by atoms with Gasteiger partial charge < -0.3 is 19.9 Å². The highest BCUT2D eigenvalue weighted by molar-refractivity contribution is 5.99. The highest BCUT2D eigenvalue weighted by Gasteiger charge is 2.42. The van der Waals surface area contributed by atoms with Crippen molar-refractivity contribution in [2.24, 2.45) is 0 Å². The van der Waals surface area contributed by atoms with Crippen LogP contribution in [-0.4, -0.2) is 48.5 Å². The highest BCUT2D eigenvalue weighted by Crippen LogP contribution is 2.44. The third-order valence-electron chi connectivity index (χ3n) is 9.70. The molecule has 0 saturated heterocycles. The lowest BCUT2D eigenvalue weighted by Crippen LogP contribution is -2.36. The van der Waals surface area contributed by atoms with Crippen LogP contribution < -0.4 is 15.3 Å². The highest BCUT2D eigenvalue weighted by atomic mass is 19.4. The zero-order valence-electron chi connectivity index (χ0n) is 28.7. The van der Waals surface area contributed by atoms with Crippen LogP contribution in [0, 0.1) is 0 Å². The fourth-order valence-corrected chi connectivity index (χ4v) is 6.90. The molecule has 0 unspecified atom stereocenters. The standard InChI is InChI=1S/C19H17F3N4O2.C17H16F3N3O2/c1-18(2)13-5-3-4-11(16(27)25-28)12(13)9-26(18)17-23-14-7-6-10(19(20,21)22)8-15(14)24-17;1-16(2)12-5-3-4-10(13(25)9-24)11(12)8-23(16)15-7-21-14(6-22-15)17(18,19)20/h3-8,28H,9H2,1-2H3,(H,23,24)(H,25,27);3-7,24H,8-9H2,1-2H3. The second-order valence-corrected chi connectivity index (χ2v) is 13.5. The van der Waals surface area contributed by atoms with E-state index < -0.39 is 53.0 Å². The first kappa shape index (κ1) is 37.2. The van der Waals surface area contributed by atoms with E-state index in [9.17, 15) is 35.9 Å². The number of halogens is 6. The van der Waals surface area contributed by atoms with Gasteiger partial charge in [0.2, 0.25) is 5.95 Å². The molecule has 0 fully saturated rings. The van der Waals surface area contributed by atoms with Gasteiger partial charge in [-0.15, -0.1) is 0 Å². The van der Waals surface area contributed by atoms with Crippen LogP contribution in [0.4, 0.5) is 38.1 Å². The molecule has 11 nitrogen and oxygen atoms in total. The van der Waals surface area contributed by atoms with Gasteiger partial charge in [-0.05, 0) is 74.2 Å². The Morgan fingerprint density at radius 2 is 1.43 bits per heavy atom. The number of benzene rings is 3. The zero-order chi connectivity index (χ0) is 38.7. The summed E-state index contributed by atoms with van der Waals surface area (Å²) < 4.78 is 76.9. The molecular weight excluding hydrogens is 708 g/mol. The van der Waals surface area contributed by atoms with Crippen LogP contribution in [-0.2, 0) is 36.5 Å². The van der Waals surface area contributed by atoms with E-state index in [1.54, 1.807) is 34.6 Å². The minimum absolute atomic E-state index is 0.282. The second kappa shape index (κ2) is 13.1. The summed E-state index contributed by atoms with van der Waals surface area (Å²) in [6.45, 7) is 7.68. The van der Waals surface area contributed by atoms with Gasteiger partial charge in [0.1, 0.15) is 12.4 Å². The summed E-state index contributed by atoms with van der Waals surface area (Å²) in [4.78, 5) is 42.4. The summed E-state index contributed by atoms with van der Waals surface area (Å²) in [7, 11) is 0. The average molecular weight is 742 g/mol. The SMILES string of the molecule is CC1(C)c2cccc(C(=O)CO)c2CN1c1cnc(C(F)(F)F)cn1.CC1(C)c2cccc(C(=O)NO)c2CN1c1nc2ccc(C(F)(F)F)cc2[nH]1. The molecular formula is C36H33F6N7O4. The minimum Gasteiger partial charge on any atom is -0.388 e. The molecule has 0 atom stereocenters. The summed E-state index contributed by atoms with van der Waals surface area (Å²) in [6, 6.07) is 13.8. The maximum absolute atomic E-state index is 13.0. The van der Waals surface area contributed by atoms with E-state index in [4.69, 9.17) is 10.3 Å². The number of fused-ring (bicyclic) bond motifs is 3. The maximum Gasteiger partial charge on any atom is 0.434 e. The largest absolute Gasteiger partial charge is 0.434 e. The molecule has 1 amide bonds. The van der Waals surface area contributed by atoms with Gasteiger partial charge in [-0.2, -0.15) is 26.3 Å². The van der Waals surface area contributed by atoms with Crippen LogP contribution >= 0.6 is 0 Å². The zero-order valence-corrected chi connectivity index (χ0v) is 28.7. The van der Waals surface area contributed by atoms with Crippen LogP contribution in [0.5, 0.6) is 0 Å². The van der Waals surface area contributed by atoms with Crippen LogP contribution in [0.3, 0.4) is 0 Å². The third kappa shape index (κ3) is 6.65. The quantitative estimate of drug-likeness (QED) is 0.0655. The van der Waals surface area contributed by atoms with Crippen LogP contribution in [0.1, 0.15) is 81.9 Å².